The van der Waals surface area contributed by atoms with Crippen LogP contribution in [0.5, 0.6) is 0 Å². The molecule has 142 valence electrons. The normalized spacial score (nSPS) is 18.1. The summed E-state index contributed by atoms with van der Waals surface area (Å²) in [6.45, 7) is 9.40. The highest BCUT2D eigenvalue weighted by Gasteiger charge is 2.41. The van der Waals surface area contributed by atoms with E-state index in [9.17, 15) is 4.79 Å². The van der Waals surface area contributed by atoms with E-state index in [1.54, 1.807) is 10.6 Å². The van der Waals surface area contributed by atoms with Crippen LogP contribution in [0.2, 0.25) is 0 Å². The van der Waals surface area contributed by atoms with E-state index in [1.165, 1.54) is 11.8 Å². The van der Waals surface area contributed by atoms with Gasteiger partial charge in [0.25, 0.3) is 0 Å². The van der Waals surface area contributed by atoms with Gasteiger partial charge in [-0.1, -0.05) is 61.2 Å². The maximum absolute atomic E-state index is 13.1. The molecular formula is C22H17N5OS. The molecular weight excluding hydrogens is 382 g/mol. The zero-order valence-corrected chi connectivity index (χ0v) is 16.6. The molecule has 0 aliphatic heterocycles. The lowest BCUT2D eigenvalue weighted by Gasteiger charge is -2.05. The molecule has 0 spiro atoms. The van der Waals surface area contributed by atoms with Crippen LogP contribution in [0.15, 0.2) is 53.7 Å². The number of aromatic nitrogens is 4. The number of carbonyl (C=O) groups excluding carboxylic acids is 1. The van der Waals surface area contributed by atoms with E-state index in [1.807, 2.05) is 42.5 Å². The zero-order valence-electron chi connectivity index (χ0n) is 15.7. The fraction of sp³-hybridized carbons (Fsp3) is 0.227. The molecule has 29 heavy (non-hydrogen) atoms. The molecule has 7 heteroatoms. The quantitative estimate of drug-likeness (QED) is 0.352. The van der Waals surface area contributed by atoms with Crippen LogP contribution >= 0.6 is 11.8 Å². The molecule has 2 atom stereocenters. The van der Waals surface area contributed by atoms with Gasteiger partial charge in [0.15, 0.2) is 11.3 Å². The Labute approximate surface area is 171 Å². The summed E-state index contributed by atoms with van der Waals surface area (Å²) in [5, 5.41) is 10.1. The van der Waals surface area contributed by atoms with Crippen LogP contribution < -0.4 is 0 Å². The van der Waals surface area contributed by atoms with E-state index in [4.69, 9.17) is 11.6 Å². The third-order valence-corrected chi connectivity index (χ3v) is 6.26. The van der Waals surface area contributed by atoms with Crippen molar-refractivity contribution >= 4 is 45.4 Å². The lowest BCUT2D eigenvalue weighted by molar-refractivity contribution is 0.0890. The Bertz CT molecular complexity index is 1310. The van der Waals surface area contributed by atoms with Crippen molar-refractivity contribution in [2.45, 2.75) is 24.3 Å². The molecule has 2 aromatic carbocycles. The third kappa shape index (κ3) is 3.06. The number of fused-ring (bicyclic) bond motifs is 3. The molecule has 0 saturated heterocycles. The van der Waals surface area contributed by atoms with Gasteiger partial charge in [-0.3, -0.25) is 9.36 Å². The first-order valence-corrected chi connectivity index (χ1v) is 10.4. The molecule has 5 rings (SSSR count). The van der Waals surface area contributed by atoms with Gasteiger partial charge in [-0.15, -0.1) is 10.2 Å². The van der Waals surface area contributed by atoms with Gasteiger partial charge in [0.05, 0.1) is 12.1 Å². The van der Waals surface area contributed by atoms with Crippen LogP contribution in [0.25, 0.3) is 26.9 Å². The van der Waals surface area contributed by atoms with Crippen molar-refractivity contribution in [3.63, 3.8) is 0 Å². The van der Waals surface area contributed by atoms with Gasteiger partial charge in [-0.25, -0.2) is 9.83 Å². The van der Waals surface area contributed by atoms with Gasteiger partial charge >= 0.3 is 0 Å². The van der Waals surface area contributed by atoms with Crippen molar-refractivity contribution in [3.05, 3.63) is 65.5 Å². The molecule has 1 saturated carbocycles. The summed E-state index contributed by atoms with van der Waals surface area (Å²) in [5.41, 5.74) is 3.59. The second-order valence-corrected chi connectivity index (χ2v) is 8.25. The van der Waals surface area contributed by atoms with Crippen LogP contribution in [0.4, 0.5) is 5.69 Å². The van der Waals surface area contributed by atoms with Crippen molar-refractivity contribution in [1.82, 2.24) is 19.7 Å². The van der Waals surface area contributed by atoms with Crippen LogP contribution in [0, 0.1) is 18.4 Å². The molecule has 2 heterocycles. The van der Waals surface area contributed by atoms with Gasteiger partial charge in [0.1, 0.15) is 5.52 Å². The first-order valence-electron chi connectivity index (χ1n) is 9.43. The molecule has 0 N–H and O–H groups in total. The standard InChI is InChI=1S/C22H17N5OS/c1-13-11-16(13)21(28)27-18-10-6-4-8-15(18)19-20(27)24-22(26-25-19)29-12-14-7-3-5-9-17(14)23-2/h3-10,13,16H,11-12H2,1H3/t13-,16-/m1/s1. The van der Waals surface area contributed by atoms with E-state index in [0.29, 0.717) is 33.7 Å². The maximum atomic E-state index is 13.1. The Morgan fingerprint density at radius 2 is 1.97 bits per heavy atom. The molecule has 0 unspecified atom stereocenters. The largest absolute Gasteiger partial charge is 0.274 e. The van der Waals surface area contributed by atoms with Crippen molar-refractivity contribution < 1.29 is 4.79 Å². The Kier molecular flexibility index (Phi) is 4.29. The van der Waals surface area contributed by atoms with Gasteiger partial charge in [0, 0.05) is 17.1 Å². The van der Waals surface area contributed by atoms with E-state index in [-0.39, 0.29) is 11.8 Å². The summed E-state index contributed by atoms with van der Waals surface area (Å²) in [4.78, 5) is 21.4. The van der Waals surface area contributed by atoms with Crippen molar-refractivity contribution in [3.8, 4) is 0 Å². The Morgan fingerprint density at radius 1 is 1.21 bits per heavy atom. The molecule has 6 nitrogen and oxygen atoms in total. The fourth-order valence-corrected chi connectivity index (χ4v) is 4.40. The lowest BCUT2D eigenvalue weighted by Crippen LogP contribution is -2.14. The number of para-hydroxylation sites is 2. The lowest BCUT2D eigenvalue weighted by atomic mass is 10.2. The summed E-state index contributed by atoms with van der Waals surface area (Å²) in [5.74, 6) is 1.11. The molecule has 2 aromatic heterocycles. The Balaban J connectivity index is 1.56. The molecule has 0 amide bonds. The first-order chi connectivity index (χ1) is 14.2. The topological polar surface area (TPSA) is 65.0 Å². The smallest absolute Gasteiger partial charge is 0.236 e. The number of rotatable bonds is 4. The molecule has 4 aromatic rings. The average Bonchev–Trinajstić information content (AvgIpc) is 3.40. The number of nitrogens with zero attached hydrogens (tertiary/aromatic N) is 5. The monoisotopic (exact) mass is 399 g/mol. The highest BCUT2D eigenvalue weighted by Crippen LogP contribution is 2.41. The van der Waals surface area contributed by atoms with Gasteiger partial charge < -0.3 is 0 Å². The summed E-state index contributed by atoms with van der Waals surface area (Å²) in [6.07, 6.45) is 0.917. The minimum atomic E-state index is 0.0469. The second-order valence-electron chi connectivity index (χ2n) is 7.31. The molecule has 0 bridgehead atoms. The predicted octanol–water partition coefficient (Wildman–Crippen LogP) is 5.12. The summed E-state index contributed by atoms with van der Waals surface area (Å²) < 4.78 is 1.71. The number of carbonyl (C=O) groups is 1. The Morgan fingerprint density at radius 3 is 2.76 bits per heavy atom. The SMILES string of the molecule is [C-]#[N+]c1ccccc1CSc1nnc2c3ccccc3n(C(=O)[C@@H]3C[C@H]3C)c2n1. The summed E-state index contributed by atoms with van der Waals surface area (Å²) >= 11 is 1.42. The third-order valence-electron chi connectivity index (χ3n) is 5.38. The minimum Gasteiger partial charge on any atom is -0.274 e. The highest BCUT2D eigenvalue weighted by molar-refractivity contribution is 7.98. The second kappa shape index (κ2) is 6.98. The predicted molar refractivity (Wildman–Crippen MR) is 113 cm³/mol. The van der Waals surface area contributed by atoms with Crippen LogP contribution in [-0.4, -0.2) is 25.7 Å². The van der Waals surface area contributed by atoms with E-state index < -0.39 is 0 Å². The van der Waals surface area contributed by atoms with Crippen molar-refractivity contribution in [2.75, 3.05) is 0 Å². The van der Waals surface area contributed by atoms with Gasteiger partial charge in [-0.05, 0) is 24.0 Å². The number of hydrogen-bond acceptors (Lipinski definition) is 5. The first kappa shape index (κ1) is 17.8. The molecule has 1 aliphatic rings. The van der Waals surface area contributed by atoms with Crippen LogP contribution in [-0.2, 0) is 5.75 Å². The maximum Gasteiger partial charge on any atom is 0.236 e. The number of thioether (sulfide) groups is 1. The highest BCUT2D eigenvalue weighted by atomic mass is 32.2. The van der Waals surface area contributed by atoms with E-state index in [0.717, 1.165) is 22.9 Å². The van der Waals surface area contributed by atoms with Crippen LogP contribution in [0.3, 0.4) is 0 Å². The van der Waals surface area contributed by atoms with Gasteiger partial charge in [-0.2, -0.15) is 0 Å². The van der Waals surface area contributed by atoms with Crippen molar-refractivity contribution in [2.24, 2.45) is 11.8 Å². The average molecular weight is 399 g/mol. The fourth-order valence-electron chi connectivity index (χ4n) is 3.62. The van der Waals surface area contributed by atoms with E-state index >= 15 is 0 Å². The molecule has 1 aliphatic carbocycles. The molecule has 0 radical (unpaired) electrons. The van der Waals surface area contributed by atoms with Crippen LogP contribution in [0.1, 0.15) is 23.7 Å². The number of benzene rings is 2. The van der Waals surface area contributed by atoms with Gasteiger partial charge in [0.2, 0.25) is 11.1 Å². The zero-order chi connectivity index (χ0) is 20.0. The summed E-state index contributed by atoms with van der Waals surface area (Å²) in [6, 6.07) is 15.2. The Hall–Kier alpha value is -3.24. The van der Waals surface area contributed by atoms with E-state index in [2.05, 4.69) is 22.0 Å². The summed E-state index contributed by atoms with van der Waals surface area (Å²) in [7, 11) is 0. The minimum absolute atomic E-state index is 0.0469. The molecule has 1 fully saturated rings. The van der Waals surface area contributed by atoms with Crippen molar-refractivity contribution in [1.29, 1.82) is 0 Å². The number of hydrogen-bond donors (Lipinski definition) is 0.